The first-order chi connectivity index (χ1) is 9.46. The molecule has 0 spiro atoms. The summed E-state index contributed by atoms with van der Waals surface area (Å²) >= 11 is 1.35. The van der Waals surface area contributed by atoms with Gasteiger partial charge in [0.25, 0.3) is 0 Å². The van der Waals surface area contributed by atoms with E-state index in [4.69, 9.17) is 0 Å². The van der Waals surface area contributed by atoms with Gasteiger partial charge in [0.15, 0.2) is 0 Å². The fraction of sp³-hybridized carbons (Fsp3) is 0.231. The minimum absolute atomic E-state index is 0.0990. The van der Waals surface area contributed by atoms with Gasteiger partial charge < -0.3 is 5.11 Å². The molecule has 0 aliphatic carbocycles. The molecule has 4 nitrogen and oxygen atoms in total. The van der Waals surface area contributed by atoms with Crippen LogP contribution < -0.4 is 4.72 Å². The largest absolute Gasteiger partial charge is 0.386 e. The van der Waals surface area contributed by atoms with E-state index in [0.29, 0.717) is 10.4 Å². The highest BCUT2D eigenvalue weighted by Crippen LogP contribution is 2.18. The Morgan fingerprint density at radius 1 is 1.30 bits per heavy atom. The standard InChI is InChI=1S/C13H14FNO3S2/c14-11-4-1-3-10(7-11)9-20(17,18)15-8-12(16)13-5-2-6-19-13/h1-7,12,15-16H,8-9H2. The van der Waals surface area contributed by atoms with Crippen molar-refractivity contribution >= 4 is 21.4 Å². The molecular weight excluding hydrogens is 301 g/mol. The number of nitrogens with one attached hydrogen (secondary N) is 1. The van der Waals surface area contributed by atoms with Crippen molar-refractivity contribution in [2.45, 2.75) is 11.9 Å². The summed E-state index contributed by atoms with van der Waals surface area (Å²) in [7, 11) is -3.61. The van der Waals surface area contributed by atoms with E-state index in [0.717, 1.165) is 0 Å². The monoisotopic (exact) mass is 315 g/mol. The number of halogens is 1. The van der Waals surface area contributed by atoms with E-state index in [2.05, 4.69) is 4.72 Å². The van der Waals surface area contributed by atoms with E-state index in [-0.39, 0.29) is 12.3 Å². The van der Waals surface area contributed by atoms with Gasteiger partial charge >= 0.3 is 0 Å². The third-order valence-electron chi connectivity index (χ3n) is 2.61. The Hall–Kier alpha value is -1.28. The van der Waals surface area contributed by atoms with Gasteiger partial charge in [-0.2, -0.15) is 0 Å². The summed E-state index contributed by atoms with van der Waals surface area (Å²) in [5, 5.41) is 11.6. The molecule has 7 heteroatoms. The number of rotatable bonds is 6. The van der Waals surface area contributed by atoms with Gasteiger partial charge in [0.2, 0.25) is 10.0 Å². The van der Waals surface area contributed by atoms with Crippen LogP contribution in [0.5, 0.6) is 0 Å². The predicted molar refractivity (Wildman–Crippen MR) is 76.3 cm³/mol. The van der Waals surface area contributed by atoms with Crippen LogP contribution in [0.4, 0.5) is 4.39 Å². The maximum atomic E-state index is 13.0. The lowest BCUT2D eigenvalue weighted by molar-refractivity contribution is 0.185. The molecule has 20 heavy (non-hydrogen) atoms. The van der Waals surface area contributed by atoms with Gasteiger partial charge in [0.1, 0.15) is 11.9 Å². The summed E-state index contributed by atoms with van der Waals surface area (Å²) in [6.45, 7) is -0.0990. The molecule has 0 aliphatic heterocycles. The second-order valence-electron chi connectivity index (χ2n) is 4.27. The van der Waals surface area contributed by atoms with Crippen molar-refractivity contribution in [2.24, 2.45) is 0 Å². The lowest BCUT2D eigenvalue weighted by Gasteiger charge is -2.11. The zero-order valence-electron chi connectivity index (χ0n) is 10.5. The van der Waals surface area contributed by atoms with Crippen molar-refractivity contribution in [3.63, 3.8) is 0 Å². The topological polar surface area (TPSA) is 66.4 Å². The van der Waals surface area contributed by atoms with Crippen molar-refractivity contribution in [3.05, 3.63) is 58.0 Å². The van der Waals surface area contributed by atoms with Crippen molar-refractivity contribution in [1.82, 2.24) is 4.72 Å². The molecule has 2 rings (SSSR count). The van der Waals surface area contributed by atoms with Crippen LogP contribution in [-0.2, 0) is 15.8 Å². The molecule has 0 fully saturated rings. The van der Waals surface area contributed by atoms with E-state index < -0.39 is 21.9 Å². The zero-order valence-corrected chi connectivity index (χ0v) is 12.1. The second kappa shape index (κ2) is 6.45. The van der Waals surface area contributed by atoms with Crippen molar-refractivity contribution in [2.75, 3.05) is 6.54 Å². The van der Waals surface area contributed by atoms with E-state index >= 15 is 0 Å². The smallest absolute Gasteiger partial charge is 0.215 e. The van der Waals surface area contributed by atoms with Crippen LogP contribution in [0.1, 0.15) is 16.5 Å². The number of aliphatic hydroxyl groups excluding tert-OH is 1. The highest BCUT2D eigenvalue weighted by atomic mass is 32.2. The minimum atomic E-state index is -3.61. The second-order valence-corrected chi connectivity index (χ2v) is 7.05. The zero-order chi connectivity index (χ0) is 14.6. The summed E-state index contributed by atoms with van der Waals surface area (Å²) in [5.74, 6) is -0.793. The quantitative estimate of drug-likeness (QED) is 0.857. The minimum Gasteiger partial charge on any atom is -0.386 e. The van der Waals surface area contributed by atoms with Gasteiger partial charge in [0, 0.05) is 11.4 Å². The van der Waals surface area contributed by atoms with Crippen LogP contribution in [0, 0.1) is 5.82 Å². The molecule has 0 saturated carbocycles. The normalized spacial score (nSPS) is 13.3. The van der Waals surface area contributed by atoms with Gasteiger partial charge in [-0.05, 0) is 29.1 Å². The molecule has 2 aromatic rings. The molecule has 0 aliphatic rings. The van der Waals surface area contributed by atoms with Crippen LogP contribution in [0.3, 0.4) is 0 Å². The van der Waals surface area contributed by atoms with Crippen LogP contribution in [0.25, 0.3) is 0 Å². The summed E-state index contributed by atoms with van der Waals surface area (Å²) in [6, 6.07) is 8.94. The summed E-state index contributed by atoms with van der Waals surface area (Å²) in [4.78, 5) is 0.693. The Kier molecular flexibility index (Phi) is 4.87. The third-order valence-corrected chi connectivity index (χ3v) is 4.91. The molecule has 1 unspecified atom stereocenters. The van der Waals surface area contributed by atoms with Gasteiger partial charge in [-0.3, -0.25) is 0 Å². The van der Waals surface area contributed by atoms with Gasteiger partial charge in [-0.1, -0.05) is 18.2 Å². The number of hydrogen-bond acceptors (Lipinski definition) is 4. The molecule has 1 aromatic carbocycles. The summed E-state index contributed by atoms with van der Waals surface area (Å²) in [5.41, 5.74) is 0.364. The lowest BCUT2D eigenvalue weighted by atomic mass is 10.2. The fourth-order valence-corrected chi connectivity index (χ4v) is 3.53. The fourth-order valence-electron chi connectivity index (χ4n) is 1.68. The lowest BCUT2D eigenvalue weighted by Crippen LogP contribution is -2.29. The van der Waals surface area contributed by atoms with Crippen LogP contribution in [-0.4, -0.2) is 20.1 Å². The Morgan fingerprint density at radius 3 is 2.75 bits per heavy atom. The van der Waals surface area contributed by atoms with Gasteiger partial charge in [-0.25, -0.2) is 17.5 Å². The van der Waals surface area contributed by atoms with Crippen LogP contribution >= 0.6 is 11.3 Å². The molecule has 1 heterocycles. The van der Waals surface area contributed by atoms with Gasteiger partial charge in [0.05, 0.1) is 5.75 Å². The first kappa shape index (κ1) is 15.1. The molecule has 108 valence electrons. The van der Waals surface area contributed by atoms with E-state index in [1.807, 2.05) is 0 Å². The highest BCUT2D eigenvalue weighted by molar-refractivity contribution is 7.88. The summed E-state index contributed by atoms with van der Waals surface area (Å²) in [6.07, 6.45) is -0.878. The third kappa shape index (κ3) is 4.38. The SMILES string of the molecule is O=S(=O)(Cc1cccc(F)c1)NCC(O)c1cccs1. The number of aliphatic hydroxyl groups is 1. The van der Waals surface area contributed by atoms with Gasteiger partial charge in [-0.15, -0.1) is 11.3 Å². The molecular formula is C13H14FNO3S2. The molecule has 1 atom stereocenters. The Morgan fingerprint density at radius 2 is 2.10 bits per heavy atom. The average Bonchev–Trinajstić information content (AvgIpc) is 2.89. The van der Waals surface area contributed by atoms with E-state index in [9.17, 15) is 17.9 Å². The number of thiophene rings is 1. The van der Waals surface area contributed by atoms with Crippen molar-refractivity contribution in [3.8, 4) is 0 Å². The Balaban J connectivity index is 1.94. The van der Waals surface area contributed by atoms with Crippen LogP contribution in [0.2, 0.25) is 0 Å². The van der Waals surface area contributed by atoms with Crippen molar-refractivity contribution < 1.29 is 17.9 Å². The van der Waals surface area contributed by atoms with Crippen LogP contribution in [0.15, 0.2) is 41.8 Å². The summed E-state index contributed by atoms with van der Waals surface area (Å²) < 4.78 is 39.0. The van der Waals surface area contributed by atoms with E-state index in [1.165, 1.54) is 35.6 Å². The highest BCUT2D eigenvalue weighted by Gasteiger charge is 2.15. The van der Waals surface area contributed by atoms with E-state index in [1.54, 1.807) is 17.5 Å². The number of benzene rings is 1. The molecule has 0 saturated heterocycles. The predicted octanol–water partition coefficient (Wildman–Crippen LogP) is 2.04. The Labute approximate surface area is 120 Å². The maximum absolute atomic E-state index is 13.0. The molecule has 1 aromatic heterocycles. The molecule has 0 radical (unpaired) electrons. The molecule has 0 amide bonds. The maximum Gasteiger partial charge on any atom is 0.215 e. The number of hydrogen-bond donors (Lipinski definition) is 2. The first-order valence-electron chi connectivity index (χ1n) is 5.89. The molecule has 2 N–H and O–H groups in total. The molecule has 0 bridgehead atoms. The Bertz CT molecular complexity index is 656. The van der Waals surface area contributed by atoms with Crippen molar-refractivity contribution in [1.29, 1.82) is 0 Å². The average molecular weight is 315 g/mol. The first-order valence-corrected chi connectivity index (χ1v) is 8.43. The number of sulfonamides is 1.